The van der Waals surface area contributed by atoms with Crippen molar-refractivity contribution in [3.8, 4) is 0 Å². The van der Waals surface area contributed by atoms with Crippen molar-refractivity contribution in [2.75, 3.05) is 26.3 Å². The molecular formula is C14H20N4O. The average molecular weight is 260 g/mol. The highest BCUT2D eigenvalue weighted by Crippen LogP contribution is 2.23. The van der Waals surface area contributed by atoms with Crippen LogP contribution in [0.4, 0.5) is 0 Å². The fourth-order valence-corrected chi connectivity index (χ4v) is 2.70. The Labute approximate surface area is 113 Å². The van der Waals surface area contributed by atoms with E-state index in [-0.39, 0.29) is 0 Å². The fourth-order valence-electron chi connectivity index (χ4n) is 2.70. The second kappa shape index (κ2) is 5.67. The zero-order valence-corrected chi connectivity index (χ0v) is 11.3. The molecule has 0 unspecified atom stereocenters. The van der Waals surface area contributed by atoms with Crippen LogP contribution in [0.2, 0.25) is 0 Å². The van der Waals surface area contributed by atoms with Gasteiger partial charge >= 0.3 is 0 Å². The Kier molecular flexibility index (Phi) is 3.75. The van der Waals surface area contributed by atoms with Crippen LogP contribution in [0.5, 0.6) is 0 Å². The van der Waals surface area contributed by atoms with Crippen LogP contribution in [0.1, 0.15) is 25.9 Å². The Morgan fingerprint density at radius 3 is 2.84 bits per heavy atom. The maximum absolute atomic E-state index is 5.45. The van der Waals surface area contributed by atoms with E-state index in [0.717, 1.165) is 50.2 Å². The molecule has 1 aliphatic heterocycles. The number of fused-ring (bicyclic) bond motifs is 1. The van der Waals surface area contributed by atoms with E-state index in [1.807, 2.05) is 18.2 Å². The van der Waals surface area contributed by atoms with Crippen molar-refractivity contribution in [1.29, 1.82) is 0 Å². The van der Waals surface area contributed by atoms with Crippen LogP contribution in [-0.2, 0) is 4.74 Å². The molecule has 0 radical (unpaired) electrons. The van der Waals surface area contributed by atoms with Crippen molar-refractivity contribution in [3.63, 3.8) is 0 Å². The third-order valence-electron chi connectivity index (χ3n) is 3.67. The number of morpholine rings is 1. The molecule has 1 aromatic carbocycles. The van der Waals surface area contributed by atoms with E-state index in [2.05, 4.69) is 32.9 Å². The van der Waals surface area contributed by atoms with Gasteiger partial charge in [-0.3, -0.25) is 4.90 Å². The molecule has 19 heavy (non-hydrogen) atoms. The van der Waals surface area contributed by atoms with Gasteiger partial charge in [0.2, 0.25) is 0 Å². The first kappa shape index (κ1) is 12.6. The molecule has 0 spiro atoms. The maximum Gasteiger partial charge on any atom is 0.113 e. The molecule has 1 atom stereocenters. The van der Waals surface area contributed by atoms with Gasteiger partial charge in [0.15, 0.2) is 0 Å². The van der Waals surface area contributed by atoms with Gasteiger partial charge in [0.05, 0.1) is 18.7 Å². The van der Waals surface area contributed by atoms with Gasteiger partial charge in [-0.05, 0) is 18.6 Å². The fraction of sp³-hybridized carbons (Fsp3) is 0.571. The lowest BCUT2D eigenvalue weighted by atomic mass is 10.2. The number of rotatable bonds is 4. The van der Waals surface area contributed by atoms with E-state index < -0.39 is 0 Å². The van der Waals surface area contributed by atoms with E-state index in [1.54, 1.807) is 0 Å². The van der Waals surface area contributed by atoms with Gasteiger partial charge in [-0.1, -0.05) is 30.7 Å². The lowest BCUT2D eigenvalue weighted by molar-refractivity contribution is -0.00702. The van der Waals surface area contributed by atoms with Crippen molar-refractivity contribution in [2.24, 2.45) is 0 Å². The zero-order valence-electron chi connectivity index (χ0n) is 11.3. The first-order valence-corrected chi connectivity index (χ1v) is 7.02. The van der Waals surface area contributed by atoms with Crippen LogP contribution in [0.3, 0.4) is 0 Å². The summed E-state index contributed by atoms with van der Waals surface area (Å²) in [5.41, 5.74) is 2.09. The van der Waals surface area contributed by atoms with Gasteiger partial charge in [-0.25, -0.2) is 4.68 Å². The summed E-state index contributed by atoms with van der Waals surface area (Å²) in [7, 11) is 0. The normalized spacial score (nSPS) is 18.8. The quantitative estimate of drug-likeness (QED) is 0.844. The van der Waals surface area contributed by atoms with Crippen LogP contribution < -0.4 is 0 Å². The molecule has 5 nitrogen and oxygen atoms in total. The topological polar surface area (TPSA) is 43.2 Å². The monoisotopic (exact) mass is 260 g/mol. The molecule has 3 rings (SSSR count). The zero-order chi connectivity index (χ0) is 13.1. The largest absolute Gasteiger partial charge is 0.379 e. The molecule has 0 saturated carbocycles. The molecular weight excluding hydrogens is 240 g/mol. The molecule has 1 aromatic heterocycles. The second-order valence-electron chi connectivity index (χ2n) is 4.94. The highest BCUT2D eigenvalue weighted by atomic mass is 16.5. The molecule has 2 heterocycles. The summed E-state index contributed by atoms with van der Waals surface area (Å²) in [5.74, 6) is 0. The van der Waals surface area contributed by atoms with Gasteiger partial charge in [-0.2, -0.15) is 0 Å². The van der Waals surface area contributed by atoms with Crippen LogP contribution in [0.25, 0.3) is 11.0 Å². The minimum atomic E-state index is 0.293. The van der Waals surface area contributed by atoms with Crippen molar-refractivity contribution in [3.05, 3.63) is 24.3 Å². The van der Waals surface area contributed by atoms with Gasteiger partial charge < -0.3 is 4.74 Å². The van der Waals surface area contributed by atoms with Gasteiger partial charge in [0, 0.05) is 13.1 Å². The summed E-state index contributed by atoms with van der Waals surface area (Å²) in [6.45, 7) is 5.78. The molecule has 2 aromatic rings. The summed E-state index contributed by atoms with van der Waals surface area (Å²) >= 11 is 0. The number of ether oxygens (including phenoxy) is 1. The summed E-state index contributed by atoms with van der Waals surface area (Å²) in [4.78, 5) is 2.45. The lowest BCUT2D eigenvalue weighted by Gasteiger charge is -2.34. The van der Waals surface area contributed by atoms with E-state index in [9.17, 15) is 0 Å². The lowest BCUT2D eigenvalue weighted by Crippen LogP contribution is -2.41. The first-order chi connectivity index (χ1) is 9.40. The van der Waals surface area contributed by atoms with Gasteiger partial charge in [0.1, 0.15) is 11.7 Å². The summed E-state index contributed by atoms with van der Waals surface area (Å²) in [6, 6.07) is 8.16. The number of hydrogen-bond acceptors (Lipinski definition) is 4. The van der Waals surface area contributed by atoms with Crippen LogP contribution in [0, 0.1) is 0 Å². The van der Waals surface area contributed by atoms with Crippen molar-refractivity contribution in [1.82, 2.24) is 19.9 Å². The molecule has 102 valence electrons. The van der Waals surface area contributed by atoms with Crippen LogP contribution in [0.15, 0.2) is 24.3 Å². The van der Waals surface area contributed by atoms with Crippen LogP contribution in [-0.4, -0.2) is 46.2 Å². The van der Waals surface area contributed by atoms with Gasteiger partial charge in [0.25, 0.3) is 0 Å². The summed E-state index contributed by atoms with van der Waals surface area (Å²) in [6.07, 6.45) is 2.52. The molecule has 0 aliphatic carbocycles. The Balaban J connectivity index is 1.94. The second-order valence-corrected chi connectivity index (χ2v) is 4.94. The Morgan fingerprint density at radius 2 is 2.05 bits per heavy atom. The Hall–Kier alpha value is -1.46. The molecule has 5 heteroatoms. The van der Waals surface area contributed by atoms with E-state index in [1.165, 1.54) is 0 Å². The summed E-state index contributed by atoms with van der Waals surface area (Å²) < 4.78 is 7.52. The summed E-state index contributed by atoms with van der Waals surface area (Å²) in [5, 5.41) is 8.65. The molecule has 1 saturated heterocycles. The van der Waals surface area contributed by atoms with E-state index in [0.29, 0.717) is 6.17 Å². The Morgan fingerprint density at radius 1 is 1.26 bits per heavy atom. The minimum Gasteiger partial charge on any atom is -0.379 e. The molecule has 0 amide bonds. The smallest absolute Gasteiger partial charge is 0.113 e. The molecule has 0 bridgehead atoms. The predicted molar refractivity (Wildman–Crippen MR) is 73.9 cm³/mol. The standard InChI is InChI=1S/C14H20N4O/c1-2-5-14(17-8-10-19-11-9-17)18-13-7-4-3-6-12(13)15-16-18/h3-4,6-7,14H,2,5,8-11H2,1H3/t14-/m0/s1. The number of nitrogens with zero attached hydrogens (tertiary/aromatic N) is 4. The maximum atomic E-state index is 5.45. The minimum absolute atomic E-state index is 0.293. The predicted octanol–water partition coefficient (Wildman–Crippen LogP) is 2.06. The highest BCUT2D eigenvalue weighted by molar-refractivity contribution is 5.73. The highest BCUT2D eigenvalue weighted by Gasteiger charge is 2.23. The molecule has 1 aliphatic rings. The van der Waals surface area contributed by atoms with E-state index >= 15 is 0 Å². The van der Waals surface area contributed by atoms with Crippen molar-refractivity contribution < 1.29 is 4.74 Å². The number of hydrogen-bond donors (Lipinski definition) is 0. The number of benzene rings is 1. The van der Waals surface area contributed by atoms with Crippen molar-refractivity contribution in [2.45, 2.75) is 25.9 Å². The Bertz CT molecular complexity index is 533. The third kappa shape index (κ3) is 2.48. The van der Waals surface area contributed by atoms with Crippen LogP contribution >= 0.6 is 0 Å². The SMILES string of the molecule is CCC[C@@H](N1CCOCC1)n1nnc2ccccc21. The average Bonchev–Trinajstić information content (AvgIpc) is 2.89. The third-order valence-corrected chi connectivity index (χ3v) is 3.67. The van der Waals surface area contributed by atoms with Gasteiger partial charge in [-0.15, -0.1) is 5.10 Å². The van der Waals surface area contributed by atoms with Crippen molar-refractivity contribution >= 4 is 11.0 Å². The number of aromatic nitrogens is 3. The molecule has 0 N–H and O–H groups in total. The first-order valence-electron chi connectivity index (χ1n) is 7.02. The van der Waals surface area contributed by atoms with E-state index in [4.69, 9.17) is 4.74 Å². The number of para-hydroxylation sites is 1. The molecule has 1 fully saturated rings.